The second kappa shape index (κ2) is 8.66. The van der Waals surface area contributed by atoms with Crippen molar-refractivity contribution in [3.63, 3.8) is 0 Å². The molecule has 0 radical (unpaired) electrons. The van der Waals surface area contributed by atoms with E-state index in [1.165, 1.54) is 34.5 Å². The molecule has 0 aliphatic carbocycles. The van der Waals surface area contributed by atoms with Crippen LogP contribution in [0.3, 0.4) is 0 Å². The molecule has 1 N–H and O–H groups in total. The molecule has 0 saturated heterocycles. The third-order valence-electron chi connectivity index (χ3n) is 3.47. The molecule has 26 heavy (non-hydrogen) atoms. The Morgan fingerprint density at radius 2 is 1.38 bits per heavy atom. The van der Waals surface area contributed by atoms with Crippen molar-refractivity contribution >= 4 is 12.0 Å². The number of carboxylic acids is 1. The van der Waals surface area contributed by atoms with Crippen molar-refractivity contribution in [2.75, 3.05) is 28.4 Å². The first kappa shape index (κ1) is 19.0. The zero-order valence-corrected chi connectivity index (χ0v) is 14.9. The molecule has 0 spiro atoms. The van der Waals surface area contributed by atoms with E-state index in [0.29, 0.717) is 28.6 Å². The van der Waals surface area contributed by atoms with Gasteiger partial charge in [0, 0.05) is 18.2 Å². The predicted molar refractivity (Wildman–Crippen MR) is 95.3 cm³/mol. The molecule has 0 bridgehead atoms. The fourth-order valence-electron chi connectivity index (χ4n) is 2.20. The van der Waals surface area contributed by atoms with E-state index in [1.54, 1.807) is 36.4 Å². The average molecular weight is 360 g/mol. The second-order valence-corrected chi connectivity index (χ2v) is 5.08. The Bertz CT molecular complexity index is 789. The van der Waals surface area contributed by atoms with E-state index >= 15 is 0 Å². The Kier molecular flexibility index (Phi) is 6.32. The maximum atomic E-state index is 11.6. The van der Waals surface area contributed by atoms with Crippen LogP contribution in [0.2, 0.25) is 0 Å². The maximum absolute atomic E-state index is 11.6. The van der Waals surface area contributed by atoms with Gasteiger partial charge >= 0.3 is 5.97 Å². The van der Waals surface area contributed by atoms with E-state index in [9.17, 15) is 9.90 Å². The lowest BCUT2D eigenvalue weighted by Gasteiger charge is -2.11. The zero-order valence-electron chi connectivity index (χ0n) is 14.9. The summed E-state index contributed by atoms with van der Waals surface area (Å²) in [4.78, 5) is 11.6. The minimum Gasteiger partial charge on any atom is -0.496 e. The summed E-state index contributed by atoms with van der Waals surface area (Å²) in [7, 11) is 6.02. The average Bonchev–Trinajstić information content (AvgIpc) is 2.66. The molecule has 2 aromatic carbocycles. The summed E-state index contributed by atoms with van der Waals surface area (Å²) in [5.41, 5.74) is 0.579. The largest absolute Gasteiger partial charge is 0.496 e. The van der Waals surface area contributed by atoms with Gasteiger partial charge in [0.1, 0.15) is 17.2 Å². The van der Waals surface area contributed by atoms with Crippen molar-refractivity contribution in [3.05, 3.63) is 47.7 Å². The van der Waals surface area contributed by atoms with Crippen LogP contribution >= 0.6 is 0 Å². The number of carboxylic acid groups (broad SMARTS) is 1. The van der Waals surface area contributed by atoms with Crippen LogP contribution in [0.5, 0.6) is 28.7 Å². The second-order valence-electron chi connectivity index (χ2n) is 5.08. The van der Waals surface area contributed by atoms with E-state index in [0.717, 1.165) is 0 Å². The number of benzene rings is 2. The number of hydrogen-bond acceptors (Lipinski definition) is 6. The first-order valence-corrected chi connectivity index (χ1v) is 7.58. The Labute approximate surface area is 151 Å². The van der Waals surface area contributed by atoms with Crippen LogP contribution in [0.4, 0.5) is 0 Å². The van der Waals surface area contributed by atoms with Crippen molar-refractivity contribution in [3.8, 4) is 28.7 Å². The van der Waals surface area contributed by atoms with Gasteiger partial charge in [-0.25, -0.2) is 4.79 Å². The summed E-state index contributed by atoms with van der Waals surface area (Å²) in [6, 6.07) is 9.81. The molecule has 0 heterocycles. The van der Waals surface area contributed by atoms with Crippen LogP contribution in [0, 0.1) is 0 Å². The summed E-state index contributed by atoms with van der Waals surface area (Å²) in [5.74, 6) is 0.767. The molecule has 0 amide bonds. The van der Waals surface area contributed by atoms with E-state index in [2.05, 4.69) is 0 Å². The smallest absolute Gasteiger partial charge is 0.371 e. The lowest BCUT2D eigenvalue weighted by molar-refractivity contribution is -0.134. The van der Waals surface area contributed by atoms with Gasteiger partial charge in [-0.15, -0.1) is 0 Å². The molecular formula is C19H20O7. The summed E-state index contributed by atoms with van der Waals surface area (Å²) in [5, 5.41) is 9.46. The fraction of sp³-hybridized carbons (Fsp3) is 0.211. The minimum absolute atomic E-state index is 0.271. The van der Waals surface area contributed by atoms with Gasteiger partial charge < -0.3 is 28.8 Å². The number of hydrogen-bond donors (Lipinski definition) is 1. The zero-order chi connectivity index (χ0) is 19.1. The Morgan fingerprint density at radius 3 is 1.88 bits per heavy atom. The normalized spacial score (nSPS) is 10.8. The first-order valence-electron chi connectivity index (χ1n) is 7.58. The highest BCUT2D eigenvalue weighted by Crippen LogP contribution is 2.31. The minimum atomic E-state index is -1.22. The van der Waals surface area contributed by atoms with Crippen LogP contribution in [-0.2, 0) is 4.79 Å². The standard InChI is InChI=1S/C19H20O7/c1-22-13-9-14(23-2)11-15(10-13)26-18(19(20)21)8-12-5-6-16(24-3)17(7-12)25-4/h5-11H,1-4H3,(H,20,21). The van der Waals surface area contributed by atoms with Crippen LogP contribution in [0.25, 0.3) is 6.08 Å². The monoisotopic (exact) mass is 360 g/mol. The number of methoxy groups -OCH3 is 4. The summed E-state index contributed by atoms with van der Waals surface area (Å²) >= 11 is 0. The van der Waals surface area contributed by atoms with Gasteiger partial charge in [-0.1, -0.05) is 6.07 Å². The third-order valence-corrected chi connectivity index (χ3v) is 3.47. The van der Waals surface area contributed by atoms with Gasteiger partial charge in [0.15, 0.2) is 11.5 Å². The molecular weight excluding hydrogens is 340 g/mol. The third kappa shape index (κ3) is 4.60. The molecule has 0 aliphatic rings. The number of carbonyl (C=O) groups is 1. The van der Waals surface area contributed by atoms with Gasteiger partial charge in [-0.3, -0.25) is 0 Å². The molecule has 2 rings (SSSR count). The highest BCUT2D eigenvalue weighted by molar-refractivity contribution is 5.90. The summed E-state index contributed by atoms with van der Waals surface area (Å²) in [6.45, 7) is 0. The van der Waals surface area contributed by atoms with Crippen LogP contribution in [-0.4, -0.2) is 39.5 Å². The van der Waals surface area contributed by atoms with E-state index in [1.807, 2.05) is 0 Å². The molecule has 0 aromatic heterocycles. The molecule has 2 aromatic rings. The number of ether oxygens (including phenoxy) is 5. The quantitative estimate of drug-likeness (QED) is 0.571. The van der Waals surface area contributed by atoms with Gasteiger partial charge in [0.25, 0.3) is 0 Å². The Hall–Kier alpha value is -3.35. The van der Waals surface area contributed by atoms with Crippen LogP contribution < -0.4 is 23.7 Å². The lowest BCUT2D eigenvalue weighted by Crippen LogP contribution is -2.08. The van der Waals surface area contributed by atoms with Crippen molar-refractivity contribution in [2.24, 2.45) is 0 Å². The van der Waals surface area contributed by atoms with E-state index in [4.69, 9.17) is 23.7 Å². The van der Waals surface area contributed by atoms with Crippen molar-refractivity contribution < 1.29 is 33.6 Å². The maximum Gasteiger partial charge on any atom is 0.371 e. The molecule has 0 aliphatic heterocycles. The highest BCUT2D eigenvalue weighted by atomic mass is 16.5. The molecule has 0 fully saturated rings. The lowest BCUT2D eigenvalue weighted by atomic mass is 10.1. The molecule has 7 nitrogen and oxygen atoms in total. The summed E-state index contributed by atoms with van der Waals surface area (Å²) < 4.78 is 26.2. The SMILES string of the molecule is COc1cc(OC)cc(OC(=Cc2ccc(OC)c(OC)c2)C(=O)O)c1. The number of aliphatic carboxylic acids is 1. The van der Waals surface area contributed by atoms with Crippen molar-refractivity contribution in [1.29, 1.82) is 0 Å². The van der Waals surface area contributed by atoms with E-state index < -0.39 is 5.97 Å². The van der Waals surface area contributed by atoms with E-state index in [-0.39, 0.29) is 11.5 Å². The van der Waals surface area contributed by atoms with Gasteiger partial charge in [-0.2, -0.15) is 0 Å². The first-order chi connectivity index (χ1) is 12.5. The highest BCUT2D eigenvalue weighted by Gasteiger charge is 2.13. The van der Waals surface area contributed by atoms with Crippen molar-refractivity contribution in [1.82, 2.24) is 0 Å². The van der Waals surface area contributed by atoms with Crippen molar-refractivity contribution in [2.45, 2.75) is 0 Å². The topological polar surface area (TPSA) is 83.5 Å². The Morgan fingerprint density at radius 1 is 0.808 bits per heavy atom. The van der Waals surface area contributed by atoms with Gasteiger partial charge in [-0.05, 0) is 23.8 Å². The summed E-state index contributed by atoms with van der Waals surface area (Å²) in [6.07, 6.45) is 1.39. The van der Waals surface area contributed by atoms with Gasteiger partial charge in [0.05, 0.1) is 28.4 Å². The molecule has 0 saturated carbocycles. The molecule has 138 valence electrons. The van der Waals surface area contributed by atoms with Crippen LogP contribution in [0.1, 0.15) is 5.56 Å². The number of rotatable bonds is 8. The fourth-order valence-corrected chi connectivity index (χ4v) is 2.20. The molecule has 0 atom stereocenters. The molecule has 7 heteroatoms. The Balaban J connectivity index is 2.38. The predicted octanol–water partition coefficient (Wildman–Crippen LogP) is 3.23. The van der Waals surface area contributed by atoms with Crippen LogP contribution in [0.15, 0.2) is 42.2 Å². The van der Waals surface area contributed by atoms with Gasteiger partial charge in [0.2, 0.25) is 5.76 Å². The molecule has 0 unspecified atom stereocenters.